The Bertz CT molecular complexity index is 176. The molecular formula is C6H11NaO7. The van der Waals surface area contributed by atoms with E-state index < -0.39 is 37.0 Å². The summed E-state index contributed by atoms with van der Waals surface area (Å²) < 4.78 is 0. The Labute approximate surface area is 102 Å². The molecule has 0 aliphatic carbocycles. The molecule has 0 fully saturated rings. The molecule has 78 valence electrons. The van der Waals surface area contributed by atoms with Gasteiger partial charge in [0.25, 0.3) is 0 Å². The Morgan fingerprint density at radius 3 is 1.86 bits per heavy atom. The number of aliphatic hydroxyl groups excluding tert-OH is 5. The van der Waals surface area contributed by atoms with E-state index in [1.165, 1.54) is 0 Å². The predicted molar refractivity (Wildman–Crippen MR) is 36.1 cm³/mol. The number of hydrogen-bond donors (Lipinski definition) is 5. The van der Waals surface area contributed by atoms with Crippen molar-refractivity contribution >= 4 is 5.97 Å². The van der Waals surface area contributed by atoms with Gasteiger partial charge in [-0.05, 0) is 0 Å². The van der Waals surface area contributed by atoms with E-state index in [1.54, 1.807) is 0 Å². The molecule has 14 heavy (non-hydrogen) atoms. The standard InChI is InChI=1S/C6H12O7.Na/c7-1-2(8)3(9)4(10)5(11)6(12)13;/h2-5,7-11H,1H2,(H,12,13);/q;+1/p-1/t2-,3+,4-,5-;/m1./s1. The largest absolute Gasteiger partial charge is 1.00 e. The number of carboxylic acid groups (broad SMARTS) is 1. The molecule has 0 heterocycles. The van der Waals surface area contributed by atoms with Gasteiger partial charge in [-0.15, -0.1) is 0 Å². The normalized spacial score (nSPS) is 18.9. The smallest absolute Gasteiger partial charge is 0.547 e. The molecule has 0 aliphatic heterocycles. The minimum atomic E-state index is -2.31. The third-order valence-corrected chi connectivity index (χ3v) is 1.50. The van der Waals surface area contributed by atoms with Gasteiger partial charge in [-0.2, -0.15) is 0 Å². The monoisotopic (exact) mass is 218 g/mol. The third kappa shape index (κ3) is 4.67. The van der Waals surface area contributed by atoms with E-state index in [0.717, 1.165) is 0 Å². The summed E-state index contributed by atoms with van der Waals surface area (Å²) in [6.07, 6.45) is -8.08. The summed E-state index contributed by atoms with van der Waals surface area (Å²) in [7, 11) is 0. The van der Waals surface area contributed by atoms with Crippen molar-refractivity contribution < 1.29 is 65.0 Å². The first-order chi connectivity index (χ1) is 5.91. The van der Waals surface area contributed by atoms with Crippen LogP contribution in [0.5, 0.6) is 0 Å². The molecule has 0 spiro atoms. The fraction of sp³-hybridized carbons (Fsp3) is 0.833. The van der Waals surface area contributed by atoms with E-state index in [0.29, 0.717) is 0 Å². The molecule has 0 unspecified atom stereocenters. The Hall–Kier alpha value is 0.270. The number of carbonyl (C=O) groups is 1. The van der Waals surface area contributed by atoms with Crippen LogP contribution in [0.2, 0.25) is 0 Å². The van der Waals surface area contributed by atoms with Crippen molar-refractivity contribution in [3.8, 4) is 0 Å². The van der Waals surface area contributed by atoms with Crippen molar-refractivity contribution in [3.63, 3.8) is 0 Å². The summed E-state index contributed by atoms with van der Waals surface area (Å²) in [4.78, 5) is 9.98. The SMILES string of the molecule is O=C([O-])[C@H](O)[C@H](O)[C@@H](O)[C@H](O)CO.[Na+]. The molecule has 0 radical (unpaired) electrons. The van der Waals surface area contributed by atoms with Crippen molar-refractivity contribution in [2.75, 3.05) is 6.61 Å². The number of carboxylic acids is 1. The second-order valence-corrected chi connectivity index (χ2v) is 2.49. The average Bonchev–Trinajstić information content (AvgIpc) is 2.12. The maximum atomic E-state index is 9.98. The van der Waals surface area contributed by atoms with Crippen LogP contribution in [0.25, 0.3) is 0 Å². The summed E-state index contributed by atoms with van der Waals surface area (Å²) >= 11 is 0. The summed E-state index contributed by atoms with van der Waals surface area (Å²) in [6, 6.07) is 0. The van der Waals surface area contributed by atoms with Crippen molar-refractivity contribution in [1.29, 1.82) is 0 Å². The summed E-state index contributed by atoms with van der Waals surface area (Å²) in [5, 5.41) is 53.4. The Morgan fingerprint density at radius 1 is 1.14 bits per heavy atom. The van der Waals surface area contributed by atoms with Gasteiger partial charge in [-0.1, -0.05) is 0 Å². The number of aliphatic carboxylic acids is 1. The van der Waals surface area contributed by atoms with Gasteiger partial charge in [0, 0.05) is 0 Å². The number of hydrogen-bond acceptors (Lipinski definition) is 7. The van der Waals surface area contributed by atoms with Crippen LogP contribution >= 0.6 is 0 Å². The van der Waals surface area contributed by atoms with E-state index in [-0.39, 0.29) is 29.6 Å². The molecule has 7 nitrogen and oxygen atoms in total. The van der Waals surface area contributed by atoms with Crippen molar-refractivity contribution in [2.45, 2.75) is 24.4 Å². The molecule has 0 saturated heterocycles. The van der Waals surface area contributed by atoms with Crippen LogP contribution in [0, 0.1) is 0 Å². The van der Waals surface area contributed by atoms with E-state index in [1.807, 2.05) is 0 Å². The maximum Gasteiger partial charge on any atom is 1.00 e. The first kappa shape index (κ1) is 16.7. The van der Waals surface area contributed by atoms with Crippen LogP contribution < -0.4 is 34.7 Å². The van der Waals surface area contributed by atoms with Gasteiger partial charge in [-0.25, -0.2) is 0 Å². The number of rotatable bonds is 5. The molecule has 0 amide bonds. The van der Waals surface area contributed by atoms with E-state index >= 15 is 0 Å². The molecule has 0 aromatic carbocycles. The molecule has 5 N–H and O–H groups in total. The van der Waals surface area contributed by atoms with Gasteiger partial charge in [0.05, 0.1) is 12.6 Å². The molecule has 0 bridgehead atoms. The Morgan fingerprint density at radius 2 is 1.57 bits per heavy atom. The van der Waals surface area contributed by atoms with Crippen molar-refractivity contribution in [1.82, 2.24) is 0 Å². The zero-order chi connectivity index (χ0) is 10.6. The van der Waals surface area contributed by atoms with Crippen LogP contribution in [-0.4, -0.2) is 62.5 Å². The first-order valence-corrected chi connectivity index (χ1v) is 3.45. The summed E-state index contributed by atoms with van der Waals surface area (Å²) in [5.41, 5.74) is 0. The van der Waals surface area contributed by atoms with E-state index in [9.17, 15) is 9.90 Å². The van der Waals surface area contributed by atoms with Gasteiger partial charge in [0.2, 0.25) is 0 Å². The molecule has 8 heteroatoms. The molecular weight excluding hydrogens is 207 g/mol. The van der Waals surface area contributed by atoms with Crippen LogP contribution in [0.3, 0.4) is 0 Å². The van der Waals surface area contributed by atoms with Gasteiger partial charge >= 0.3 is 29.6 Å². The van der Waals surface area contributed by atoms with Crippen LogP contribution in [0.1, 0.15) is 0 Å². The predicted octanol–water partition coefficient (Wildman–Crippen LogP) is -7.82. The topological polar surface area (TPSA) is 141 Å². The molecule has 4 atom stereocenters. The minimum Gasteiger partial charge on any atom is -0.547 e. The zero-order valence-corrected chi connectivity index (χ0v) is 9.57. The quantitative estimate of drug-likeness (QED) is 0.288. The van der Waals surface area contributed by atoms with Crippen LogP contribution in [0.15, 0.2) is 0 Å². The van der Waals surface area contributed by atoms with E-state index in [4.69, 9.17) is 25.5 Å². The van der Waals surface area contributed by atoms with Crippen molar-refractivity contribution in [2.24, 2.45) is 0 Å². The second-order valence-electron chi connectivity index (χ2n) is 2.49. The van der Waals surface area contributed by atoms with Gasteiger partial charge in [-0.3, -0.25) is 0 Å². The molecule has 0 aromatic rings. The van der Waals surface area contributed by atoms with Crippen LogP contribution in [-0.2, 0) is 4.79 Å². The summed E-state index contributed by atoms with van der Waals surface area (Å²) in [5.74, 6) is -1.98. The van der Waals surface area contributed by atoms with Gasteiger partial charge in [0.15, 0.2) is 0 Å². The zero-order valence-electron chi connectivity index (χ0n) is 7.57. The maximum absolute atomic E-state index is 9.98. The van der Waals surface area contributed by atoms with Gasteiger partial charge in [0.1, 0.15) is 24.4 Å². The third-order valence-electron chi connectivity index (χ3n) is 1.50. The fourth-order valence-electron chi connectivity index (χ4n) is 0.662. The molecule has 0 aromatic heterocycles. The molecule has 0 rings (SSSR count). The summed E-state index contributed by atoms with van der Waals surface area (Å²) in [6.45, 7) is -0.863. The first-order valence-electron chi connectivity index (χ1n) is 3.45. The average molecular weight is 218 g/mol. The number of carbonyl (C=O) groups excluding carboxylic acids is 1. The van der Waals surface area contributed by atoms with Gasteiger partial charge < -0.3 is 35.4 Å². The molecule has 0 aliphatic rings. The Balaban J connectivity index is 0. The second kappa shape index (κ2) is 7.55. The fourth-order valence-corrected chi connectivity index (χ4v) is 0.662. The Kier molecular flexibility index (Phi) is 9.00. The molecule has 0 saturated carbocycles. The minimum absolute atomic E-state index is 0. The van der Waals surface area contributed by atoms with E-state index in [2.05, 4.69) is 0 Å². The van der Waals surface area contributed by atoms with Crippen LogP contribution in [0.4, 0.5) is 0 Å². The number of aliphatic hydroxyl groups is 5. The van der Waals surface area contributed by atoms with Crippen molar-refractivity contribution in [3.05, 3.63) is 0 Å².